The van der Waals surface area contributed by atoms with Gasteiger partial charge in [-0.25, -0.2) is 96.0 Å². The maximum atomic E-state index is 15.1. The number of nitriles is 3. The van der Waals surface area contributed by atoms with E-state index >= 15 is 8.78 Å². The van der Waals surface area contributed by atoms with Gasteiger partial charge in [-0.3, -0.25) is 9.59 Å². The van der Waals surface area contributed by atoms with Crippen molar-refractivity contribution in [1.82, 2.24) is 11.9 Å². The molecule has 0 spiro atoms. The summed E-state index contributed by atoms with van der Waals surface area (Å²) < 4.78 is 216. The molecule has 0 radical (unpaired) electrons. The first-order chi connectivity index (χ1) is 70.2. The van der Waals surface area contributed by atoms with Crippen molar-refractivity contribution in [2.75, 3.05) is 0 Å². The third kappa shape index (κ3) is 18.7. The van der Waals surface area contributed by atoms with Crippen molar-refractivity contribution in [2.24, 2.45) is 11.3 Å². The number of carbonyl (C=O) groups is 3. The number of hydrogen-bond donors (Lipinski definition) is 2. The van der Waals surface area contributed by atoms with Crippen molar-refractivity contribution in [3.8, 4) is 96.5 Å². The largest absolute Gasteiger partial charge is 0.479 e. The number of carbonyl (C=O) groups excluding carboxylic acids is 2. The number of aromatic nitrogens is 3. The average Bonchev–Trinajstić information content (AvgIpc) is 1.57. The maximum absolute atomic E-state index is 15.1. The van der Waals surface area contributed by atoms with Crippen molar-refractivity contribution < 1.29 is 89.4 Å². The first kappa shape index (κ1) is 102. The summed E-state index contributed by atoms with van der Waals surface area (Å²) in [5.74, 6) is -3.04. The van der Waals surface area contributed by atoms with E-state index in [1.165, 1.54) is 91.0 Å². The Morgan fingerprint density at radius 3 is 1.12 bits per heavy atom. The first-order valence-electron chi connectivity index (χ1n) is 45.9. The minimum atomic E-state index is -4.66. The second-order valence-corrected chi connectivity index (χ2v) is 42.2. The zero-order valence-electron chi connectivity index (χ0n) is 78.0. The number of carboxylic acid groups (broad SMARTS) is 1. The summed E-state index contributed by atoms with van der Waals surface area (Å²) in [6.45, 7) is 28.1. The molecule has 20 nitrogen and oxygen atoms in total. The van der Waals surface area contributed by atoms with Crippen LogP contribution in [0.1, 0.15) is 160 Å². The summed E-state index contributed by atoms with van der Waals surface area (Å²) in [6, 6.07) is 68.6. The van der Waals surface area contributed by atoms with Crippen molar-refractivity contribution >= 4 is 109 Å². The predicted molar refractivity (Wildman–Crippen MR) is 539 cm³/mol. The lowest BCUT2D eigenvalue weighted by Crippen LogP contribution is -2.47. The number of aliphatic carboxylic acids is 1. The Balaban J connectivity index is 0.000000151. The van der Waals surface area contributed by atoms with E-state index in [1.807, 2.05) is 36.4 Å². The quantitative estimate of drug-likeness (QED) is 0.0471. The van der Waals surface area contributed by atoms with Gasteiger partial charge in [-0.15, -0.1) is 0 Å². The second kappa shape index (κ2) is 40.4. The van der Waals surface area contributed by atoms with E-state index in [2.05, 4.69) is 26.7 Å². The normalized spacial score (nSPS) is 16.5. The molecule has 0 aliphatic heterocycles. The fraction of sp³-hybridized carbons (Fsp3) is 0.184. The predicted octanol–water partition coefficient (Wildman–Crippen LogP) is 28.8. The highest BCUT2D eigenvalue weighted by molar-refractivity contribution is 7.91. The fourth-order valence-corrected chi connectivity index (χ4v) is 25.5. The third-order valence-electron chi connectivity index (χ3n) is 28.3. The summed E-state index contributed by atoms with van der Waals surface area (Å²) in [7, 11) is -13.7. The third-order valence-corrected chi connectivity index (χ3v) is 33.8. The molecule has 4 aliphatic carbocycles. The van der Waals surface area contributed by atoms with Gasteiger partial charge in [0.25, 0.3) is 49.3 Å². The van der Waals surface area contributed by atoms with Gasteiger partial charge in [0.15, 0.2) is 22.7 Å². The number of benzene rings is 13. The van der Waals surface area contributed by atoms with Gasteiger partial charge in [0.05, 0.1) is 86.2 Å². The lowest BCUT2D eigenvalue weighted by atomic mass is 9.51. The Bertz CT molecular complexity index is 8660. The van der Waals surface area contributed by atoms with Crippen LogP contribution < -0.4 is 0 Å². The molecule has 2 N–H and O–H groups in total. The van der Waals surface area contributed by atoms with Gasteiger partial charge in [-0.05, 0) is 252 Å². The van der Waals surface area contributed by atoms with E-state index in [9.17, 15) is 96.4 Å². The van der Waals surface area contributed by atoms with Gasteiger partial charge in [-0.1, -0.05) is 151 Å². The van der Waals surface area contributed by atoms with E-state index < -0.39 is 83.9 Å². The molecule has 147 heavy (non-hydrogen) atoms. The molecule has 3 aromatic heterocycles. The van der Waals surface area contributed by atoms with E-state index in [-0.39, 0.29) is 193 Å². The average molecular weight is 2060 g/mol. The van der Waals surface area contributed by atoms with E-state index in [1.54, 1.807) is 68.4 Å². The van der Waals surface area contributed by atoms with Gasteiger partial charge in [0.2, 0.25) is 0 Å². The van der Waals surface area contributed by atoms with Gasteiger partial charge < -0.3 is 10.2 Å². The van der Waals surface area contributed by atoms with Crippen molar-refractivity contribution in [1.29, 1.82) is 15.8 Å². The molecule has 3 heterocycles. The number of aliphatic hydroxyl groups is 1. The van der Waals surface area contributed by atoms with Gasteiger partial charge in [0.1, 0.15) is 29.0 Å². The standard InChI is InChI=1S/C39H30F3N3O3S.C38H23ClF3N3O5S.C37H28F3N3O3S/c1-24(46)38-15-18-39(19-16-38,20-17-38)28-7-3-5-26(21-28)36-35(34-27(23-43)6-4-8-32(34)44-2)31-22-29(40)11-14-33(31)45(36)49(47,48)30-12-9-25(10-13-30)37(41)42;1-38(48,37(46)47)25-11-15-28(30(39)18-25)22-5-3-6-23(17-22)35-34(33-24(20-43)7-4-8-31(33)44-2)29-19-26(40)12-16-32(29)45(35)51(49,50)27-13-9-21(10-14-27)36(41)42;1-22(44)23-9-11-24(12-10-23)26-5-3-6-27(19-26)36-35(34-28(21-41)7-4-8-32(34)42-2)31-20-29(38)15-18-33(31)43(36)47(45,46)30-16-13-25(14-17-30)37(39)40/h3-14,21-22,37H,15-20H2,1H3;3-19,36,48H,1H3,(H,46,47);3-8,13-20,23-24,37H,9-12H2,1H3. The number of nitrogens with zero attached hydrogens (tertiary/aromatic N) is 9. The van der Waals surface area contributed by atoms with Crippen molar-refractivity contribution in [3.05, 3.63) is 380 Å². The van der Waals surface area contributed by atoms with E-state index in [4.69, 9.17) is 31.3 Å². The second-order valence-electron chi connectivity index (χ2n) is 36.5. The van der Waals surface area contributed by atoms with Crippen LogP contribution in [0.25, 0.3) is 126 Å². The molecule has 736 valence electrons. The first-order valence-corrected chi connectivity index (χ1v) is 50.6. The zero-order chi connectivity index (χ0) is 105. The lowest BCUT2D eigenvalue weighted by molar-refractivity contribution is -0.157. The summed E-state index contributed by atoms with van der Waals surface area (Å²) in [5, 5.41) is 50.9. The Kier molecular flexibility index (Phi) is 28.1. The van der Waals surface area contributed by atoms with Gasteiger partial charge in [-0.2, -0.15) is 15.8 Å². The number of carboxylic acids is 1. The number of hydrogen-bond acceptors (Lipinski definition) is 13. The van der Waals surface area contributed by atoms with Crippen LogP contribution in [0.4, 0.5) is 56.6 Å². The molecule has 1 unspecified atom stereocenters. The Hall–Kier alpha value is -16.3. The number of alkyl halides is 6. The lowest BCUT2D eigenvalue weighted by Gasteiger charge is -2.52. The Morgan fingerprint density at radius 2 is 0.776 bits per heavy atom. The van der Waals surface area contributed by atoms with Crippen LogP contribution in [0.3, 0.4) is 0 Å². The number of fused-ring (bicyclic) bond motifs is 6. The highest BCUT2D eigenvalue weighted by Crippen LogP contribution is 2.60. The molecule has 33 heteroatoms. The smallest absolute Gasteiger partial charge is 0.340 e. The van der Waals surface area contributed by atoms with Crippen LogP contribution in [0.2, 0.25) is 5.02 Å². The minimum Gasteiger partial charge on any atom is -0.479 e. The highest BCUT2D eigenvalue weighted by atomic mass is 35.5. The fourth-order valence-electron chi connectivity index (χ4n) is 20.6. The number of Topliss-reactive ketones (excluding diaryl/α,β-unsaturated/α-hetero) is 2. The number of rotatable bonds is 22. The molecule has 4 saturated carbocycles. The SMILES string of the molecule is [C-]#[N+]c1cccc(C#N)c1-c1c(-c2cccc(-c3ccc(C(C)(O)C(=O)O)cc3Cl)c2)n(S(=O)(=O)c2ccc(C(F)F)cc2)c2ccc(F)cc12.[C-]#[N+]c1cccc(C#N)c1-c1c(-c2cccc(C34CCC(C(C)=O)(CC3)CC4)c2)n(S(=O)(=O)c2ccc(C(F)F)cc2)c2ccc(F)cc12.[C-]#[N+]c1cccc(C#N)c1-c1c(-c2cccc(C3CCC(C(C)=O)CC3)c2)n(S(=O)(=O)c2ccc(C(F)F)cc2)c2ccc(F)cc12. The van der Waals surface area contributed by atoms with E-state index in [0.29, 0.717) is 22.3 Å². The number of halogens is 10. The molecule has 4 fully saturated rings. The maximum Gasteiger partial charge on any atom is 0.340 e. The molecule has 16 aromatic rings. The van der Waals surface area contributed by atoms with Crippen molar-refractivity contribution in [3.63, 3.8) is 0 Å². The topological polar surface area (TPSA) is 293 Å². The molecular weight excluding hydrogens is 1970 g/mol. The molecular formula is C114H81ClF9N9O11S3. The van der Waals surface area contributed by atoms with Gasteiger partial charge >= 0.3 is 5.97 Å². The highest BCUT2D eigenvalue weighted by Gasteiger charge is 2.52. The summed E-state index contributed by atoms with van der Waals surface area (Å²) in [5.41, 5.74) is 1.45. The molecule has 13 aromatic carbocycles. The van der Waals surface area contributed by atoms with Crippen LogP contribution in [-0.4, -0.2) is 64.9 Å². The zero-order valence-corrected chi connectivity index (χ0v) is 81.2. The Morgan fingerprint density at radius 1 is 0.429 bits per heavy atom. The molecule has 2 bridgehead atoms. The summed E-state index contributed by atoms with van der Waals surface area (Å²) in [4.78, 5) is 46.2. The Labute approximate surface area is 843 Å². The molecule has 20 rings (SSSR count). The summed E-state index contributed by atoms with van der Waals surface area (Å²) in [6.07, 6.45) is -0.750. The molecule has 1 atom stereocenters. The van der Waals surface area contributed by atoms with Crippen LogP contribution >= 0.6 is 11.6 Å². The van der Waals surface area contributed by atoms with Crippen LogP contribution in [-0.2, 0) is 55.5 Å². The van der Waals surface area contributed by atoms with Crippen molar-refractivity contribution in [2.45, 2.75) is 136 Å². The van der Waals surface area contributed by atoms with Crippen LogP contribution in [0, 0.1) is 82.5 Å². The van der Waals surface area contributed by atoms with Crippen LogP contribution in [0.5, 0.6) is 0 Å². The van der Waals surface area contributed by atoms with Gasteiger partial charge in [0, 0.05) is 122 Å². The summed E-state index contributed by atoms with van der Waals surface area (Å²) >= 11 is 6.61. The molecule has 0 amide bonds. The molecule has 4 aliphatic rings. The van der Waals surface area contributed by atoms with Crippen LogP contribution in [0.15, 0.2) is 288 Å². The monoisotopic (exact) mass is 2050 g/mol. The minimum absolute atomic E-state index is 0.00650. The number of ketones is 2. The van der Waals surface area contributed by atoms with E-state index in [0.717, 1.165) is 191 Å². The molecule has 0 saturated heterocycles.